The van der Waals surface area contributed by atoms with Crippen LogP contribution in [0.1, 0.15) is 12.8 Å². The van der Waals surface area contributed by atoms with Crippen LogP contribution in [0, 0.1) is 5.92 Å². The van der Waals surface area contributed by atoms with Gasteiger partial charge in [0.2, 0.25) is 5.91 Å². The molecule has 0 atom stereocenters. The van der Waals surface area contributed by atoms with Crippen molar-refractivity contribution in [1.29, 1.82) is 0 Å². The fraction of sp³-hybridized carbons (Fsp3) is 0.263. The van der Waals surface area contributed by atoms with Crippen LogP contribution in [0.3, 0.4) is 0 Å². The van der Waals surface area contributed by atoms with E-state index in [1.165, 1.54) is 4.70 Å². The van der Waals surface area contributed by atoms with E-state index in [0.29, 0.717) is 0 Å². The highest BCUT2D eigenvalue weighted by molar-refractivity contribution is 7.22. The first kappa shape index (κ1) is 15.9. The Labute approximate surface area is 149 Å². The average Bonchev–Trinajstić information content (AvgIpc) is 3.08. The van der Waals surface area contributed by atoms with Gasteiger partial charge < -0.3 is 15.3 Å². The number of nitrogens with one attached hydrogen (secondary N) is 1. The van der Waals surface area contributed by atoms with Crippen LogP contribution in [-0.2, 0) is 4.79 Å². The van der Waals surface area contributed by atoms with Crippen molar-refractivity contribution in [2.75, 3.05) is 23.3 Å². The first-order valence-electron chi connectivity index (χ1n) is 8.39. The molecule has 0 spiro atoms. The largest absolute Gasteiger partial charge is 0.508 e. The molecule has 4 rings (SSSR count). The summed E-state index contributed by atoms with van der Waals surface area (Å²) in [7, 11) is 0. The van der Waals surface area contributed by atoms with Crippen LogP contribution in [-0.4, -0.2) is 29.1 Å². The molecular formula is C19H19N3O2S. The van der Waals surface area contributed by atoms with Gasteiger partial charge in [-0.3, -0.25) is 4.79 Å². The van der Waals surface area contributed by atoms with Gasteiger partial charge in [0.15, 0.2) is 5.13 Å². The smallest absolute Gasteiger partial charge is 0.227 e. The summed E-state index contributed by atoms with van der Waals surface area (Å²) in [5.74, 6) is 0.260. The molecule has 6 heteroatoms. The molecule has 2 aromatic carbocycles. The fourth-order valence-electron chi connectivity index (χ4n) is 3.12. The average molecular weight is 353 g/mol. The summed E-state index contributed by atoms with van der Waals surface area (Å²) in [6.45, 7) is 1.68. The summed E-state index contributed by atoms with van der Waals surface area (Å²) in [5, 5.41) is 13.3. The van der Waals surface area contributed by atoms with E-state index in [2.05, 4.69) is 16.3 Å². The lowest BCUT2D eigenvalue weighted by Gasteiger charge is -2.31. The molecule has 2 N–H and O–H groups in total. The van der Waals surface area contributed by atoms with Crippen LogP contribution in [0.4, 0.5) is 10.8 Å². The lowest BCUT2D eigenvalue weighted by Crippen LogP contribution is -2.38. The first-order chi connectivity index (χ1) is 12.2. The maximum absolute atomic E-state index is 12.4. The van der Waals surface area contributed by atoms with Crippen molar-refractivity contribution in [3.8, 4) is 5.75 Å². The third-order valence-electron chi connectivity index (χ3n) is 4.55. The van der Waals surface area contributed by atoms with Gasteiger partial charge in [-0.15, -0.1) is 0 Å². The lowest BCUT2D eigenvalue weighted by molar-refractivity contribution is -0.120. The second kappa shape index (κ2) is 6.72. The number of hydrogen-bond acceptors (Lipinski definition) is 5. The summed E-state index contributed by atoms with van der Waals surface area (Å²) in [5.41, 5.74) is 1.76. The van der Waals surface area contributed by atoms with Crippen LogP contribution in [0.2, 0.25) is 0 Å². The molecule has 1 aliphatic rings. The number of piperidine rings is 1. The van der Waals surface area contributed by atoms with Gasteiger partial charge in [-0.25, -0.2) is 4.98 Å². The van der Waals surface area contributed by atoms with Crippen LogP contribution in [0.25, 0.3) is 10.2 Å². The third-order valence-corrected chi connectivity index (χ3v) is 5.65. The van der Waals surface area contributed by atoms with E-state index in [0.717, 1.165) is 42.3 Å². The van der Waals surface area contributed by atoms with E-state index in [1.807, 2.05) is 18.2 Å². The minimum absolute atomic E-state index is 0.0134. The number of aromatic nitrogens is 1. The molecule has 1 saturated heterocycles. The van der Waals surface area contributed by atoms with Crippen molar-refractivity contribution in [3.05, 3.63) is 48.5 Å². The zero-order valence-corrected chi connectivity index (χ0v) is 14.5. The number of hydrogen-bond donors (Lipinski definition) is 2. The lowest BCUT2D eigenvalue weighted by atomic mass is 9.96. The Morgan fingerprint density at radius 3 is 2.56 bits per heavy atom. The normalized spacial score (nSPS) is 15.4. The summed E-state index contributed by atoms with van der Waals surface area (Å²) in [6, 6.07) is 14.7. The predicted octanol–water partition coefficient (Wildman–Crippen LogP) is 3.86. The number of rotatable bonds is 3. The highest BCUT2D eigenvalue weighted by atomic mass is 32.1. The van der Waals surface area contributed by atoms with Gasteiger partial charge in [0.1, 0.15) is 5.75 Å². The Hall–Kier alpha value is -2.60. The molecule has 1 fully saturated rings. The van der Waals surface area contributed by atoms with Crippen molar-refractivity contribution in [2.45, 2.75) is 12.8 Å². The van der Waals surface area contributed by atoms with Crippen molar-refractivity contribution in [1.82, 2.24) is 4.98 Å². The predicted molar refractivity (Wildman–Crippen MR) is 101 cm³/mol. The summed E-state index contributed by atoms with van der Waals surface area (Å²) >= 11 is 1.71. The third kappa shape index (κ3) is 3.44. The van der Waals surface area contributed by atoms with E-state index >= 15 is 0 Å². The molecule has 2 heterocycles. The van der Waals surface area contributed by atoms with Gasteiger partial charge in [0.05, 0.1) is 10.2 Å². The van der Waals surface area contributed by atoms with E-state index < -0.39 is 0 Å². The maximum Gasteiger partial charge on any atom is 0.227 e. The molecule has 1 amide bonds. The zero-order chi connectivity index (χ0) is 17.2. The molecule has 128 valence electrons. The van der Waals surface area contributed by atoms with Gasteiger partial charge in [0.25, 0.3) is 0 Å². The van der Waals surface area contributed by atoms with Crippen LogP contribution in [0.15, 0.2) is 48.5 Å². The number of nitrogens with zero attached hydrogens (tertiary/aromatic N) is 2. The van der Waals surface area contributed by atoms with E-state index in [4.69, 9.17) is 4.98 Å². The Kier molecular flexibility index (Phi) is 4.28. The number of phenolic OH excluding ortho intramolecular Hbond substituents is 1. The van der Waals surface area contributed by atoms with Crippen LogP contribution in [0.5, 0.6) is 5.75 Å². The fourth-order valence-corrected chi connectivity index (χ4v) is 4.13. The van der Waals surface area contributed by atoms with Gasteiger partial charge in [-0.1, -0.05) is 23.5 Å². The number of amides is 1. The van der Waals surface area contributed by atoms with Gasteiger partial charge in [-0.2, -0.15) is 0 Å². The molecule has 1 aromatic heterocycles. The highest BCUT2D eigenvalue weighted by Gasteiger charge is 2.26. The van der Waals surface area contributed by atoms with E-state index in [9.17, 15) is 9.90 Å². The number of thiazole rings is 1. The van der Waals surface area contributed by atoms with E-state index in [1.54, 1.807) is 35.6 Å². The molecule has 25 heavy (non-hydrogen) atoms. The molecule has 0 bridgehead atoms. The van der Waals surface area contributed by atoms with E-state index in [-0.39, 0.29) is 17.6 Å². The Morgan fingerprint density at radius 2 is 1.84 bits per heavy atom. The number of fused-ring (bicyclic) bond motifs is 1. The van der Waals surface area contributed by atoms with Crippen LogP contribution >= 0.6 is 11.3 Å². The SMILES string of the molecule is O=C(Nc1ccc(O)cc1)C1CCN(c2nc3ccccc3s2)CC1. The second-order valence-corrected chi connectivity index (χ2v) is 7.27. The number of aromatic hydroxyl groups is 1. The van der Waals surface area contributed by atoms with Gasteiger partial charge >= 0.3 is 0 Å². The molecule has 0 aliphatic carbocycles. The van der Waals surface area contributed by atoms with Crippen molar-refractivity contribution in [3.63, 3.8) is 0 Å². The van der Waals surface area contributed by atoms with Gasteiger partial charge in [-0.05, 0) is 49.2 Å². The second-order valence-electron chi connectivity index (χ2n) is 6.26. The molecule has 5 nitrogen and oxygen atoms in total. The number of benzene rings is 2. The standard InChI is InChI=1S/C19H19N3O2S/c23-15-7-5-14(6-8-15)20-18(24)13-9-11-22(12-10-13)19-21-16-3-1-2-4-17(16)25-19/h1-8,13,23H,9-12H2,(H,20,24). The summed E-state index contributed by atoms with van der Waals surface area (Å²) in [6.07, 6.45) is 1.64. The van der Waals surface area contributed by atoms with Gasteiger partial charge in [0, 0.05) is 24.7 Å². The van der Waals surface area contributed by atoms with Crippen molar-refractivity contribution in [2.24, 2.45) is 5.92 Å². The molecule has 0 radical (unpaired) electrons. The number of para-hydroxylation sites is 1. The Balaban J connectivity index is 1.37. The number of phenols is 1. The number of carbonyl (C=O) groups excluding carboxylic acids is 1. The van der Waals surface area contributed by atoms with Crippen molar-refractivity contribution < 1.29 is 9.90 Å². The zero-order valence-electron chi connectivity index (χ0n) is 13.7. The monoisotopic (exact) mass is 353 g/mol. The molecule has 3 aromatic rings. The maximum atomic E-state index is 12.4. The number of carbonyl (C=O) groups is 1. The van der Waals surface area contributed by atoms with Crippen molar-refractivity contribution >= 4 is 38.3 Å². The Morgan fingerprint density at radius 1 is 1.12 bits per heavy atom. The quantitative estimate of drug-likeness (QED) is 0.702. The summed E-state index contributed by atoms with van der Waals surface area (Å²) < 4.78 is 1.20. The summed E-state index contributed by atoms with van der Waals surface area (Å²) in [4.78, 5) is 19.4. The molecular weight excluding hydrogens is 334 g/mol. The molecule has 0 saturated carbocycles. The Bertz CT molecular complexity index is 850. The molecule has 1 aliphatic heterocycles. The van der Waals surface area contributed by atoms with Crippen LogP contribution < -0.4 is 10.2 Å². The number of anilines is 2. The first-order valence-corrected chi connectivity index (χ1v) is 9.21. The molecule has 0 unspecified atom stereocenters. The minimum atomic E-state index is 0.0134. The minimum Gasteiger partial charge on any atom is -0.508 e. The highest BCUT2D eigenvalue weighted by Crippen LogP contribution is 2.31. The topological polar surface area (TPSA) is 65.5 Å².